The molecule has 2 aromatic rings. The van der Waals surface area contributed by atoms with Gasteiger partial charge in [0.05, 0.1) is 10.6 Å². The Labute approximate surface area is 138 Å². The van der Waals surface area contributed by atoms with Crippen molar-refractivity contribution in [1.29, 1.82) is 0 Å². The molecule has 0 saturated heterocycles. The van der Waals surface area contributed by atoms with Gasteiger partial charge >= 0.3 is 0 Å². The van der Waals surface area contributed by atoms with Crippen LogP contribution in [0.25, 0.3) is 0 Å². The maximum atomic E-state index is 12.8. The number of nitrogens with one attached hydrogen (secondary N) is 2. The number of hydrogen-bond donors (Lipinski definition) is 2. The van der Waals surface area contributed by atoms with Gasteiger partial charge in [-0.3, -0.25) is 20.4 Å². The van der Waals surface area contributed by atoms with Gasteiger partial charge in [0, 0.05) is 12.0 Å². The van der Waals surface area contributed by atoms with Crippen LogP contribution >= 0.6 is 0 Å². The van der Waals surface area contributed by atoms with E-state index in [4.69, 9.17) is 0 Å². The number of benzene rings is 2. The second-order valence-corrected chi connectivity index (χ2v) is 7.00. The van der Waals surface area contributed by atoms with Gasteiger partial charge in [-0.25, -0.2) is 12.8 Å². The molecule has 8 heteroatoms. The second kappa shape index (κ2) is 7.69. The van der Waals surface area contributed by atoms with E-state index in [0.29, 0.717) is 0 Å². The monoisotopic (exact) mass is 350 g/mol. The maximum absolute atomic E-state index is 12.8. The van der Waals surface area contributed by atoms with Crippen molar-refractivity contribution < 1.29 is 22.4 Å². The Balaban J connectivity index is 1.83. The van der Waals surface area contributed by atoms with E-state index in [0.717, 1.165) is 12.1 Å². The van der Waals surface area contributed by atoms with Crippen LogP contribution in [0.3, 0.4) is 0 Å². The first-order chi connectivity index (χ1) is 11.4. The van der Waals surface area contributed by atoms with E-state index in [-0.39, 0.29) is 22.6 Å². The molecular formula is C16H15FN2O4S. The van der Waals surface area contributed by atoms with Crippen LogP contribution in [-0.4, -0.2) is 26.0 Å². The zero-order valence-electron chi connectivity index (χ0n) is 12.5. The predicted octanol–water partition coefficient (Wildman–Crippen LogP) is 1.45. The summed E-state index contributed by atoms with van der Waals surface area (Å²) in [5, 5.41) is 0. The average Bonchev–Trinajstić information content (AvgIpc) is 2.59. The van der Waals surface area contributed by atoms with Gasteiger partial charge in [0.15, 0.2) is 9.84 Å². The molecule has 0 fully saturated rings. The van der Waals surface area contributed by atoms with E-state index in [1.807, 2.05) is 0 Å². The van der Waals surface area contributed by atoms with E-state index in [1.165, 1.54) is 24.3 Å². The van der Waals surface area contributed by atoms with Gasteiger partial charge in [-0.15, -0.1) is 0 Å². The van der Waals surface area contributed by atoms with E-state index < -0.39 is 27.5 Å². The highest BCUT2D eigenvalue weighted by atomic mass is 32.2. The predicted molar refractivity (Wildman–Crippen MR) is 85.1 cm³/mol. The lowest BCUT2D eigenvalue weighted by molar-refractivity contribution is -0.121. The molecule has 0 heterocycles. The number of hydrazine groups is 1. The zero-order valence-corrected chi connectivity index (χ0v) is 13.3. The Hall–Kier alpha value is -2.74. The molecule has 0 aliphatic heterocycles. The van der Waals surface area contributed by atoms with Gasteiger partial charge in [-0.2, -0.15) is 0 Å². The van der Waals surface area contributed by atoms with Gasteiger partial charge < -0.3 is 0 Å². The minimum Gasteiger partial charge on any atom is -0.273 e. The quantitative estimate of drug-likeness (QED) is 0.799. The summed E-state index contributed by atoms with van der Waals surface area (Å²) in [5.41, 5.74) is 4.42. The topological polar surface area (TPSA) is 92.3 Å². The fourth-order valence-electron chi connectivity index (χ4n) is 1.84. The summed E-state index contributed by atoms with van der Waals surface area (Å²) >= 11 is 0. The molecule has 0 radical (unpaired) electrons. The van der Waals surface area contributed by atoms with E-state index >= 15 is 0 Å². The van der Waals surface area contributed by atoms with Crippen LogP contribution < -0.4 is 10.9 Å². The summed E-state index contributed by atoms with van der Waals surface area (Å²) in [7, 11) is -3.57. The first-order valence-electron chi connectivity index (χ1n) is 7.01. The Morgan fingerprint density at radius 1 is 0.917 bits per heavy atom. The summed E-state index contributed by atoms with van der Waals surface area (Å²) in [5.74, 6) is -2.14. The van der Waals surface area contributed by atoms with Crippen molar-refractivity contribution in [2.24, 2.45) is 0 Å². The molecule has 24 heavy (non-hydrogen) atoms. The Morgan fingerprint density at radius 2 is 1.54 bits per heavy atom. The van der Waals surface area contributed by atoms with Crippen LogP contribution in [-0.2, 0) is 14.6 Å². The number of halogens is 1. The molecule has 0 saturated carbocycles. The highest BCUT2D eigenvalue weighted by molar-refractivity contribution is 7.91. The molecule has 0 unspecified atom stereocenters. The molecule has 6 nitrogen and oxygen atoms in total. The lowest BCUT2D eigenvalue weighted by Crippen LogP contribution is -2.42. The minimum atomic E-state index is -3.57. The normalized spacial score (nSPS) is 10.9. The van der Waals surface area contributed by atoms with Gasteiger partial charge in [-0.1, -0.05) is 18.2 Å². The van der Waals surface area contributed by atoms with Crippen LogP contribution in [0.1, 0.15) is 16.8 Å². The summed E-state index contributed by atoms with van der Waals surface area (Å²) in [4.78, 5) is 23.5. The molecule has 0 aromatic heterocycles. The maximum Gasteiger partial charge on any atom is 0.269 e. The largest absolute Gasteiger partial charge is 0.273 e. The van der Waals surface area contributed by atoms with Gasteiger partial charge in [-0.05, 0) is 36.4 Å². The van der Waals surface area contributed by atoms with Crippen molar-refractivity contribution >= 4 is 21.7 Å². The SMILES string of the molecule is O=C(CCS(=O)(=O)c1ccccc1)NNC(=O)c1ccc(F)cc1. The Bertz CT molecular complexity index is 821. The smallest absolute Gasteiger partial charge is 0.269 e. The van der Waals surface area contributed by atoms with E-state index in [9.17, 15) is 22.4 Å². The second-order valence-electron chi connectivity index (χ2n) is 4.89. The van der Waals surface area contributed by atoms with Crippen LogP contribution in [0.4, 0.5) is 4.39 Å². The lowest BCUT2D eigenvalue weighted by atomic mass is 10.2. The van der Waals surface area contributed by atoms with E-state index in [2.05, 4.69) is 10.9 Å². The fraction of sp³-hybridized carbons (Fsp3) is 0.125. The Kier molecular flexibility index (Phi) is 5.64. The van der Waals surface area contributed by atoms with Crippen LogP contribution in [0, 0.1) is 5.82 Å². The van der Waals surface area contributed by atoms with Crippen molar-refractivity contribution in [3.63, 3.8) is 0 Å². The molecule has 0 atom stereocenters. The van der Waals surface area contributed by atoms with Gasteiger partial charge in [0.25, 0.3) is 5.91 Å². The van der Waals surface area contributed by atoms with Crippen molar-refractivity contribution in [2.75, 3.05) is 5.75 Å². The molecule has 0 bridgehead atoms. The van der Waals surface area contributed by atoms with Crippen LogP contribution in [0.2, 0.25) is 0 Å². The number of carbonyl (C=O) groups is 2. The summed E-state index contributed by atoms with van der Waals surface area (Å²) < 4.78 is 36.8. The molecule has 126 valence electrons. The van der Waals surface area contributed by atoms with E-state index in [1.54, 1.807) is 18.2 Å². The lowest BCUT2D eigenvalue weighted by Gasteiger charge is -2.08. The van der Waals surface area contributed by atoms with Crippen molar-refractivity contribution in [2.45, 2.75) is 11.3 Å². The summed E-state index contributed by atoms with van der Waals surface area (Å²) in [6.07, 6.45) is -0.305. The van der Waals surface area contributed by atoms with Crippen molar-refractivity contribution in [1.82, 2.24) is 10.9 Å². The Morgan fingerprint density at radius 3 is 2.17 bits per heavy atom. The number of sulfone groups is 1. The van der Waals surface area contributed by atoms with Gasteiger partial charge in [0.2, 0.25) is 5.91 Å². The fourth-order valence-corrected chi connectivity index (χ4v) is 3.10. The zero-order chi connectivity index (χ0) is 17.6. The highest BCUT2D eigenvalue weighted by Crippen LogP contribution is 2.10. The minimum absolute atomic E-state index is 0.133. The number of rotatable bonds is 5. The van der Waals surface area contributed by atoms with Crippen molar-refractivity contribution in [3.8, 4) is 0 Å². The molecule has 0 aliphatic carbocycles. The summed E-state index contributed by atoms with van der Waals surface area (Å²) in [6.45, 7) is 0. The molecule has 2 N–H and O–H groups in total. The number of amides is 2. The van der Waals surface area contributed by atoms with Crippen LogP contribution in [0.5, 0.6) is 0 Å². The highest BCUT2D eigenvalue weighted by Gasteiger charge is 2.16. The standard InChI is InChI=1S/C16H15FN2O4S/c17-13-8-6-12(7-9-13)16(21)19-18-15(20)10-11-24(22,23)14-4-2-1-3-5-14/h1-9H,10-11H2,(H,18,20)(H,19,21). The molecule has 0 aliphatic rings. The van der Waals surface area contributed by atoms with Crippen molar-refractivity contribution in [3.05, 3.63) is 66.0 Å². The first kappa shape index (κ1) is 17.6. The number of carbonyl (C=O) groups excluding carboxylic acids is 2. The third-order valence-electron chi connectivity index (χ3n) is 3.12. The molecule has 2 aromatic carbocycles. The third kappa shape index (κ3) is 4.88. The molecule has 2 amide bonds. The first-order valence-corrected chi connectivity index (χ1v) is 8.66. The summed E-state index contributed by atoms with van der Waals surface area (Å²) in [6, 6.07) is 12.5. The van der Waals surface area contributed by atoms with Gasteiger partial charge in [0.1, 0.15) is 5.82 Å². The average molecular weight is 350 g/mol. The molecule has 0 spiro atoms. The van der Waals surface area contributed by atoms with Crippen LogP contribution in [0.15, 0.2) is 59.5 Å². The number of hydrogen-bond acceptors (Lipinski definition) is 4. The third-order valence-corrected chi connectivity index (χ3v) is 4.85. The molecule has 2 rings (SSSR count). The molecular weight excluding hydrogens is 335 g/mol.